The number of amides is 1. The number of aromatic nitrogens is 3. The Labute approximate surface area is 94.4 Å². The Balaban J connectivity index is 1.67. The molecule has 0 aromatic carbocycles. The van der Waals surface area contributed by atoms with Crippen molar-refractivity contribution >= 4 is 5.91 Å². The first-order valence-corrected chi connectivity index (χ1v) is 5.71. The summed E-state index contributed by atoms with van der Waals surface area (Å²) < 4.78 is 1.70. The van der Waals surface area contributed by atoms with Gasteiger partial charge in [-0.2, -0.15) is 0 Å². The molecular formula is C10H17N5O. The number of carbonyl (C=O) groups excluding carboxylic acids is 1. The van der Waals surface area contributed by atoms with E-state index in [9.17, 15) is 4.79 Å². The van der Waals surface area contributed by atoms with E-state index in [1.807, 2.05) is 0 Å². The molecule has 2 rings (SSSR count). The van der Waals surface area contributed by atoms with Crippen molar-refractivity contribution in [2.24, 2.45) is 0 Å². The molecule has 2 N–H and O–H groups in total. The van der Waals surface area contributed by atoms with E-state index in [-0.39, 0.29) is 11.9 Å². The number of hydrogen-bond acceptors (Lipinski definition) is 4. The van der Waals surface area contributed by atoms with Crippen LogP contribution < -0.4 is 10.6 Å². The van der Waals surface area contributed by atoms with E-state index < -0.39 is 0 Å². The molecule has 0 unspecified atom stereocenters. The van der Waals surface area contributed by atoms with Crippen LogP contribution in [0.25, 0.3) is 0 Å². The highest BCUT2D eigenvalue weighted by atomic mass is 16.2. The lowest BCUT2D eigenvalue weighted by molar-refractivity contribution is -0.123. The van der Waals surface area contributed by atoms with E-state index in [4.69, 9.17) is 0 Å². The number of rotatable bonds is 4. The maximum atomic E-state index is 11.7. The van der Waals surface area contributed by atoms with Crippen molar-refractivity contribution in [1.82, 2.24) is 25.6 Å². The van der Waals surface area contributed by atoms with Gasteiger partial charge in [-0.05, 0) is 19.4 Å². The zero-order chi connectivity index (χ0) is 11.2. The molecule has 1 aliphatic rings. The highest BCUT2D eigenvalue weighted by Crippen LogP contribution is 2.06. The van der Waals surface area contributed by atoms with Gasteiger partial charge in [-0.25, -0.2) is 0 Å². The van der Waals surface area contributed by atoms with Gasteiger partial charge in [0.05, 0.1) is 18.8 Å². The lowest BCUT2D eigenvalue weighted by Gasteiger charge is -2.22. The zero-order valence-electron chi connectivity index (χ0n) is 9.22. The smallest absolute Gasteiger partial charge is 0.237 e. The predicted octanol–water partition coefficient (Wildman–Crippen LogP) is -0.464. The highest BCUT2D eigenvalue weighted by Gasteiger charge is 2.19. The third-order valence-corrected chi connectivity index (χ3v) is 2.74. The molecular weight excluding hydrogens is 206 g/mol. The lowest BCUT2D eigenvalue weighted by Crippen LogP contribution is -2.47. The first kappa shape index (κ1) is 11.1. The molecule has 0 saturated carbocycles. The average Bonchev–Trinajstić information content (AvgIpc) is 2.83. The summed E-state index contributed by atoms with van der Waals surface area (Å²) in [5.41, 5.74) is 0. The summed E-state index contributed by atoms with van der Waals surface area (Å²) in [5, 5.41) is 13.6. The SMILES string of the molecule is O=C(NCCn1ccnn1)[C@H]1CCCCN1. The second kappa shape index (κ2) is 5.60. The van der Waals surface area contributed by atoms with Crippen LogP contribution in [0.2, 0.25) is 0 Å². The Morgan fingerprint density at radius 1 is 1.56 bits per heavy atom. The van der Waals surface area contributed by atoms with Crippen molar-refractivity contribution in [3.05, 3.63) is 12.4 Å². The van der Waals surface area contributed by atoms with Gasteiger partial charge in [0.1, 0.15) is 0 Å². The Morgan fingerprint density at radius 3 is 3.19 bits per heavy atom. The van der Waals surface area contributed by atoms with E-state index in [0.29, 0.717) is 13.1 Å². The third-order valence-electron chi connectivity index (χ3n) is 2.74. The molecule has 1 fully saturated rings. The minimum absolute atomic E-state index is 0.00973. The zero-order valence-corrected chi connectivity index (χ0v) is 9.22. The minimum atomic E-state index is -0.00973. The maximum Gasteiger partial charge on any atom is 0.237 e. The van der Waals surface area contributed by atoms with Crippen LogP contribution in [0.4, 0.5) is 0 Å². The van der Waals surface area contributed by atoms with Crippen LogP contribution >= 0.6 is 0 Å². The highest BCUT2D eigenvalue weighted by molar-refractivity contribution is 5.81. The quantitative estimate of drug-likeness (QED) is 0.724. The van der Waals surface area contributed by atoms with E-state index in [1.54, 1.807) is 17.1 Å². The molecule has 1 aromatic rings. The average molecular weight is 223 g/mol. The molecule has 6 heteroatoms. The van der Waals surface area contributed by atoms with Gasteiger partial charge in [-0.15, -0.1) is 5.10 Å². The summed E-state index contributed by atoms with van der Waals surface area (Å²) in [7, 11) is 0. The fourth-order valence-corrected chi connectivity index (χ4v) is 1.84. The second-order valence-corrected chi connectivity index (χ2v) is 3.96. The molecule has 6 nitrogen and oxygen atoms in total. The summed E-state index contributed by atoms with van der Waals surface area (Å²) in [6.45, 7) is 2.21. The first-order valence-electron chi connectivity index (χ1n) is 5.71. The fourth-order valence-electron chi connectivity index (χ4n) is 1.84. The van der Waals surface area contributed by atoms with Gasteiger partial charge in [0, 0.05) is 12.7 Å². The molecule has 1 aromatic heterocycles. The van der Waals surface area contributed by atoms with Crippen LogP contribution in [0, 0.1) is 0 Å². The molecule has 1 saturated heterocycles. The largest absolute Gasteiger partial charge is 0.353 e. The second-order valence-electron chi connectivity index (χ2n) is 3.96. The van der Waals surface area contributed by atoms with Gasteiger partial charge in [0.25, 0.3) is 0 Å². The Bertz CT molecular complexity index is 318. The van der Waals surface area contributed by atoms with Gasteiger partial charge in [0.2, 0.25) is 5.91 Å². The van der Waals surface area contributed by atoms with E-state index in [1.165, 1.54) is 6.42 Å². The molecule has 16 heavy (non-hydrogen) atoms. The summed E-state index contributed by atoms with van der Waals surface area (Å²) in [5.74, 6) is 0.0971. The Kier molecular flexibility index (Phi) is 3.87. The predicted molar refractivity (Wildman–Crippen MR) is 58.7 cm³/mol. The van der Waals surface area contributed by atoms with Crippen LogP contribution in [0.5, 0.6) is 0 Å². The van der Waals surface area contributed by atoms with E-state index in [0.717, 1.165) is 19.4 Å². The number of carbonyl (C=O) groups is 1. The van der Waals surface area contributed by atoms with Gasteiger partial charge in [-0.3, -0.25) is 9.48 Å². The van der Waals surface area contributed by atoms with Crippen molar-refractivity contribution in [1.29, 1.82) is 0 Å². The minimum Gasteiger partial charge on any atom is -0.353 e. The van der Waals surface area contributed by atoms with Crippen molar-refractivity contribution in [2.75, 3.05) is 13.1 Å². The van der Waals surface area contributed by atoms with Crippen molar-refractivity contribution in [2.45, 2.75) is 31.8 Å². The molecule has 1 amide bonds. The summed E-state index contributed by atoms with van der Waals surface area (Å²) in [4.78, 5) is 11.7. The number of nitrogens with zero attached hydrogens (tertiary/aromatic N) is 3. The van der Waals surface area contributed by atoms with Crippen LogP contribution in [0.1, 0.15) is 19.3 Å². The van der Waals surface area contributed by atoms with Gasteiger partial charge < -0.3 is 10.6 Å². The van der Waals surface area contributed by atoms with Crippen LogP contribution in [-0.2, 0) is 11.3 Å². The van der Waals surface area contributed by atoms with Crippen LogP contribution in [0.3, 0.4) is 0 Å². The molecule has 0 spiro atoms. The van der Waals surface area contributed by atoms with E-state index in [2.05, 4.69) is 20.9 Å². The molecule has 0 aliphatic carbocycles. The summed E-state index contributed by atoms with van der Waals surface area (Å²) >= 11 is 0. The molecule has 0 bridgehead atoms. The van der Waals surface area contributed by atoms with Gasteiger partial charge >= 0.3 is 0 Å². The molecule has 2 heterocycles. The topological polar surface area (TPSA) is 71.8 Å². The van der Waals surface area contributed by atoms with Crippen LogP contribution in [-0.4, -0.2) is 40.0 Å². The number of piperidine rings is 1. The standard InChI is InChI=1S/C10H17N5O/c16-10(9-3-1-2-4-11-9)12-5-7-15-8-6-13-14-15/h6,8-9,11H,1-5,7H2,(H,12,16)/t9-/m1/s1. The summed E-state index contributed by atoms with van der Waals surface area (Å²) in [6, 6.07) is -0.00973. The summed E-state index contributed by atoms with van der Waals surface area (Å²) in [6.07, 6.45) is 6.65. The molecule has 0 radical (unpaired) electrons. The molecule has 88 valence electrons. The van der Waals surface area contributed by atoms with Crippen LogP contribution in [0.15, 0.2) is 12.4 Å². The Morgan fingerprint density at radius 2 is 2.50 bits per heavy atom. The monoisotopic (exact) mass is 223 g/mol. The normalized spacial score (nSPS) is 20.6. The first-order chi connectivity index (χ1) is 7.86. The Hall–Kier alpha value is -1.43. The van der Waals surface area contributed by atoms with Gasteiger partial charge in [0.15, 0.2) is 0 Å². The molecule has 1 aliphatic heterocycles. The number of nitrogens with one attached hydrogen (secondary N) is 2. The maximum absolute atomic E-state index is 11.7. The van der Waals surface area contributed by atoms with Gasteiger partial charge in [-0.1, -0.05) is 11.6 Å². The van der Waals surface area contributed by atoms with E-state index >= 15 is 0 Å². The third kappa shape index (κ3) is 3.03. The lowest BCUT2D eigenvalue weighted by atomic mass is 10.0. The van der Waals surface area contributed by atoms with Crippen molar-refractivity contribution < 1.29 is 4.79 Å². The number of hydrogen-bond donors (Lipinski definition) is 2. The van der Waals surface area contributed by atoms with Crippen molar-refractivity contribution in [3.8, 4) is 0 Å². The van der Waals surface area contributed by atoms with Crippen molar-refractivity contribution in [3.63, 3.8) is 0 Å². The fraction of sp³-hybridized carbons (Fsp3) is 0.700. The molecule has 1 atom stereocenters.